The standard InChI is InChI=1S/C18H28N2/c1-15-8-7-9-16(12-15)20-13-17(2,3)19-18(14-20)10-5-4-6-11-18/h7-9,12,19H,4-6,10-11,13-14H2,1-3H3. The molecule has 2 aliphatic rings. The van der Waals surface area contributed by atoms with E-state index in [9.17, 15) is 0 Å². The van der Waals surface area contributed by atoms with Gasteiger partial charge in [0.15, 0.2) is 0 Å². The van der Waals surface area contributed by atoms with Crippen LogP contribution in [0.5, 0.6) is 0 Å². The van der Waals surface area contributed by atoms with Crippen LogP contribution < -0.4 is 10.2 Å². The van der Waals surface area contributed by atoms with Crippen molar-refractivity contribution in [2.24, 2.45) is 0 Å². The summed E-state index contributed by atoms with van der Waals surface area (Å²) in [6.45, 7) is 9.15. The van der Waals surface area contributed by atoms with Crippen molar-refractivity contribution in [2.45, 2.75) is 64.0 Å². The van der Waals surface area contributed by atoms with Gasteiger partial charge in [-0.05, 0) is 51.3 Å². The van der Waals surface area contributed by atoms with Crippen LogP contribution in [-0.4, -0.2) is 24.2 Å². The maximum absolute atomic E-state index is 3.98. The molecule has 0 atom stereocenters. The van der Waals surface area contributed by atoms with Crippen molar-refractivity contribution in [1.29, 1.82) is 0 Å². The van der Waals surface area contributed by atoms with E-state index in [4.69, 9.17) is 0 Å². The van der Waals surface area contributed by atoms with Crippen LogP contribution in [0.2, 0.25) is 0 Å². The number of nitrogens with one attached hydrogen (secondary N) is 1. The van der Waals surface area contributed by atoms with Gasteiger partial charge in [0.25, 0.3) is 0 Å². The van der Waals surface area contributed by atoms with Gasteiger partial charge in [0, 0.05) is 29.9 Å². The number of anilines is 1. The molecule has 1 saturated carbocycles. The summed E-state index contributed by atoms with van der Waals surface area (Å²) in [4.78, 5) is 2.61. The molecule has 1 aliphatic heterocycles. The van der Waals surface area contributed by atoms with E-state index < -0.39 is 0 Å². The molecular formula is C18H28N2. The largest absolute Gasteiger partial charge is 0.368 e. The Morgan fingerprint density at radius 3 is 2.50 bits per heavy atom. The lowest BCUT2D eigenvalue weighted by Crippen LogP contribution is -2.69. The fourth-order valence-corrected chi connectivity index (χ4v) is 4.21. The summed E-state index contributed by atoms with van der Waals surface area (Å²) in [6, 6.07) is 8.98. The summed E-state index contributed by atoms with van der Waals surface area (Å²) >= 11 is 0. The average molecular weight is 272 g/mol. The Bertz CT molecular complexity index is 472. The summed E-state index contributed by atoms with van der Waals surface area (Å²) in [5, 5.41) is 3.98. The fraction of sp³-hybridized carbons (Fsp3) is 0.667. The van der Waals surface area contributed by atoms with Crippen molar-refractivity contribution in [3.8, 4) is 0 Å². The van der Waals surface area contributed by atoms with E-state index in [0.717, 1.165) is 6.54 Å². The Balaban J connectivity index is 1.87. The van der Waals surface area contributed by atoms with Gasteiger partial charge in [-0.3, -0.25) is 0 Å². The van der Waals surface area contributed by atoms with E-state index in [1.165, 1.54) is 49.9 Å². The van der Waals surface area contributed by atoms with Crippen LogP contribution >= 0.6 is 0 Å². The second-order valence-corrected chi connectivity index (χ2v) is 7.54. The molecule has 0 amide bonds. The number of aryl methyl sites for hydroxylation is 1. The Labute approximate surface area is 123 Å². The lowest BCUT2D eigenvalue weighted by atomic mass is 9.77. The normalized spacial score (nSPS) is 24.9. The molecular weight excluding hydrogens is 244 g/mol. The van der Waals surface area contributed by atoms with Crippen molar-refractivity contribution in [3.05, 3.63) is 29.8 Å². The lowest BCUT2D eigenvalue weighted by molar-refractivity contribution is 0.146. The molecule has 0 bridgehead atoms. The monoisotopic (exact) mass is 272 g/mol. The number of rotatable bonds is 1. The van der Waals surface area contributed by atoms with Crippen LogP contribution in [0.1, 0.15) is 51.5 Å². The predicted octanol–water partition coefficient (Wildman–Crippen LogP) is 3.89. The van der Waals surface area contributed by atoms with Crippen LogP contribution in [0.25, 0.3) is 0 Å². The van der Waals surface area contributed by atoms with Gasteiger partial charge in [-0.2, -0.15) is 0 Å². The highest BCUT2D eigenvalue weighted by atomic mass is 15.3. The maximum atomic E-state index is 3.98. The minimum Gasteiger partial charge on any atom is -0.368 e. The van der Waals surface area contributed by atoms with Crippen molar-refractivity contribution in [1.82, 2.24) is 5.32 Å². The summed E-state index contributed by atoms with van der Waals surface area (Å²) in [5.41, 5.74) is 3.28. The highest BCUT2D eigenvalue weighted by Crippen LogP contribution is 2.36. The number of hydrogen-bond acceptors (Lipinski definition) is 2. The van der Waals surface area contributed by atoms with Gasteiger partial charge in [-0.1, -0.05) is 31.4 Å². The quantitative estimate of drug-likeness (QED) is 0.834. The first-order valence-electron chi connectivity index (χ1n) is 8.09. The van der Waals surface area contributed by atoms with E-state index in [-0.39, 0.29) is 5.54 Å². The molecule has 2 heteroatoms. The smallest absolute Gasteiger partial charge is 0.0370 e. The van der Waals surface area contributed by atoms with E-state index in [1.54, 1.807) is 0 Å². The van der Waals surface area contributed by atoms with Crippen molar-refractivity contribution in [3.63, 3.8) is 0 Å². The Morgan fingerprint density at radius 1 is 1.05 bits per heavy atom. The highest BCUT2D eigenvalue weighted by molar-refractivity contribution is 5.50. The van der Waals surface area contributed by atoms with Gasteiger partial charge >= 0.3 is 0 Å². The first kappa shape index (κ1) is 13.9. The molecule has 1 saturated heterocycles. The SMILES string of the molecule is Cc1cccc(N2CC(C)(C)NC3(CCCCC3)C2)c1. The minimum absolute atomic E-state index is 0.194. The number of nitrogens with zero attached hydrogens (tertiary/aromatic N) is 1. The molecule has 20 heavy (non-hydrogen) atoms. The van der Waals surface area contributed by atoms with Crippen LogP contribution in [0, 0.1) is 6.92 Å². The molecule has 0 radical (unpaired) electrons. The molecule has 1 spiro atoms. The Hall–Kier alpha value is -1.02. The fourth-order valence-electron chi connectivity index (χ4n) is 4.21. The molecule has 2 fully saturated rings. The second-order valence-electron chi connectivity index (χ2n) is 7.54. The third kappa shape index (κ3) is 2.85. The van der Waals surface area contributed by atoms with Gasteiger partial charge in [0.1, 0.15) is 0 Å². The van der Waals surface area contributed by atoms with Gasteiger partial charge in [-0.25, -0.2) is 0 Å². The first-order valence-corrected chi connectivity index (χ1v) is 8.09. The molecule has 0 unspecified atom stereocenters. The lowest BCUT2D eigenvalue weighted by Gasteiger charge is -2.53. The van der Waals surface area contributed by atoms with Gasteiger partial charge in [-0.15, -0.1) is 0 Å². The number of piperazine rings is 1. The maximum Gasteiger partial charge on any atom is 0.0370 e. The Kier molecular flexibility index (Phi) is 3.53. The third-order valence-electron chi connectivity index (χ3n) is 4.86. The van der Waals surface area contributed by atoms with Crippen LogP contribution in [0.15, 0.2) is 24.3 Å². The van der Waals surface area contributed by atoms with E-state index >= 15 is 0 Å². The van der Waals surface area contributed by atoms with Crippen LogP contribution in [0.3, 0.4) is 0 Å². The van der Waals surface area contributed by atoms with Crippen molar-refractivity contribution >= 4 is 5.69 Å². The summed E-state index contributed by atoms with van der Waals surface area (Å²) in [7, 11) is 0. The van der Waals surface area contributed by atoms with Crippen LogP contribution in [0.4, 0.5) is 5.69 Å². The van der Waals surface area contributed by atoms with E-state index in [0.29, 0.717) is 5.54 Å². The van der Waals surface area contributed by atoms with Gasteiger partial charge < -0.3 is 10.2 Å². The topological polar surface area (TPSA) is 15.3 Å². The van der Waals surface area contributed by atoms with Gasteiger partial charge in [0.05, 0.1) is 0 Å². The minimum atomic E-state index is 0.194. The van der Waals surface area contributed by atoms with Crippen molar-refractivity contribution in [2.75, 3.05) is 18.0 Å². The molecule has 3 rings (SSSR count). The number of benzene rings is 1. The zero-order valence-corrected chi connectivity index (χ0v) is 13.2. The molecule has 1 N–H and O–H groups in total. The first-order chi connectivity index (χ1) is 9.48. The zero-order valence-electron chi connectivity index (χ0n) is 13.2. The third-order valence-corrected chi connectivity index (χ3v) is 4.86. The molecule has 0 aromatic heterocycles. The zero-order chi connectivity index (χ0) is 14.2. The molecule has 1 aliphatic carbocycles. The second kappa shape index (κ2) is 5.07. The molecule has 1 aromatic carbocycles. The number of hydrogen-bond donors (Lipinski definition) is 1. The molecule has 110 valence electrons. The van der Waals surface area contributed by atoms with Crippen LogP contribution in [-0.2, 0) is 0 Å². The predicted molar refractivity (Wildman–Crippen MR) is 86.4 cm³/mol. The molecule has 1 aromatic rings. The average Bonchev–Trinajstić information content (AvgIpc) is 2.37. The summed E-state index contributed by atoms with van der Waals surface area (Å²) in [6.07, 6.45) is 6.83. The highest BCUT2D eigenvalue weighted by Gasteiger charge is 2.43. The van der Waals surface area contributed by atoms with E-state index in [1.807, 2.05) is 0 Å². The molecule has 1 heterocycles. The van der Waals surface area contributed by atoms with Gasteiger partial charge in [0.2, 0.25) is 0 Å². The Morgan fingerprint density at radius 2 is 1.80 bits per heavy atom. The van der Waals surface area contributed by atoms with Crippen molar-refractivity contribution < 1.29 is 0 Å². The summed E-state index contributed by atoms with van der Waals surface area (Å²) in [5.74, 6) is 0. The molecule has 2 nitrogen and oxygen atoms in total. The van der Waals surface area contributed by atoms with E-state index in [2.05, 4.69) is 55.3 Å². The summed E-state index contributed by atoms with van der Waals surface area (Å²) < 4.78 is 0.